The minimum Gasteiger partial charge on any atom is -0.507 e. The molecular weight excluding hydrogens is 402 g/mol. The van der Waals surface area contributed by atoms with Crippen molar-refractivity contribution in [3.63, 3.8) is 0 Å². The Morgan fingerprint density at radius 1 is 1.52 bits per heavy atom. The summed E-state index contributed by atoms with van der Waals surface area (Å²) in [6, 6.07) is 5.17. The highest BCUT2D eigenvalue weighted by Gasteiger charge is 2.28. The number of hydrogen-bond donors (Lipinski definition) is 1. The summed E-state index contributed by atoms with van der Waals surface area (Å²) in [5.74, 6) is 0.465. The Bertz CT molecular complexity index is 828. The standard InChI is InChI=1S/C19H20BrNO3S/c1-3-24-19(23)17-14-6-4-11(2)8-16(14)25-18(17)21-10-12-9-13(20)5-7-15(12)22/h5,7,9-11,22H,3-4,6,8H2,1-2H3/b21-10+/t11-/m0/s1. The second-order valence-corrected chi connectivity index (χ2v) is 8.21. The molecule has 1 aromatic heterocycles. The van der Waals surface area contributed by atoms with Gasteiger partial charge in [0.05, 0.1) is 12.2 Å². The summed E-state index contributed by atoms with van der Waals surface area (Å²) in [4.78, 5) is 18.2. The number of aromatic hydroxyl groups is 1. The van der Waals surface area contributed by atoms with Gasteiger partial charge in [0, 0.05) is 21.1 Å². The van der Waals surface area contributed by atoms with E-state index in [1.807, 2.05) is 0 Å². The fourth-order valence-corrected chi connectivity index (χ4v) is 4.72. The van der Waals surface area contributed by atoms with Gasteiger partial charge in [0.1, 0.15) is 10.8 Å². The van der Waals surface area contributed by atoms with E-state index < -0.39 is 0 Å². The molecule has 1 heterocycles. The van der Waals surface area contributed by atoms with E-state index in [1.165, 1.54) is 4.88 Å². The summed E-state index contributed by atoms with van der Waals surface area (Å²) in [7, 11) is 0. The highest BCUT2D eigenvalue weighted by Crippen LogP contribution is 2.41. The van der Waals surface area contributed by atoms with Gasteiger partial charge in [0.25, 0.3) is 0 Å². The summed E-state index contributed by atoms with van der Waals surface area (Å²) < 4.78 is 6.11. The third kappa shape index (κ3) is 3.96. The molecule has 0 unspecified atom stereocenters. The number of aliphatic imine (C=N–C) groups is 1. The molecule has 25 heavy (non-hydrogen) atoms. The zero-order chi connectivity index (χ0) is 18.0. The molecule has 0 bridgehead atoms. The summed E-state index contributed by atoms with van der Waals surface area (Å²) in [5, 5.41) is 10.6. The molecule has 0 amide bonds. The maximum absolute atomic E-state index is 12.5. The van der Waals surface area contributed by atoms with Gasteiger partial charge in [0.15, 0.2) is 0 Å². The number of benzene rings is 1. The van der Waals surface area contributed by atoms with Crippen LogP contribution in [-0.4, -0.2) is 23.9 Å². The monoisotopic (exact) mass is 421 g/mol. The maximum Gasteiger partial charge on any atom is 0.341 e. The van der Waals surface area contributed by atoms with E-state index in [0.29, 0.717) is 28.7 Å². The van der Waals surface area contributed by atoms with Crippen molar-refractivity contribution < 1.29 is 14.6 Å². The van der Waals surface area contributed by atoms with E-state index in [4.69, 9.17) is 4.74 Å². The smallest absolute Gasteiger partial charge is 0.341 e. The van der Waals surface area contributed by atoms with Crippen molar-refractivity contribution in [2.24, 2.45) is 10.9 Å². The molecule has 1 aliphatic rings. The van der Waals surface area contributed by atoms with E-state index in [9.17, 15) is 9.90 Å². The minimum absolute atomic E-state index is 0.152. The van der Waals surface area contributed by atoms with Crippen molar-refractivity contribution in [3.05, 3.63) is 44.2 Å². The Kier molecular flexibility index (Phi) is 5.59. The number of fused-ring (bicyclic) bond motifs is 1. The lowest BCUT2D eigenvalue weighted by Gasteiger charge is -2.18. The molecule has 4 nitrogen and oxygen atoms in total. The van der Waals surface area contributed by atoms with Crippen LogP contribution in [0.2, 0.25) is 0 Å². The fraction of sp³-hybridized carbons (Fsp3) is 0.368. The molecule has 6 heteroatoms. The molecule has 0 fully saturated rings. The lowest BCUT2D eigenvalue weighted by Crippen LogP contribution is -2.13. The van der Waals surface area contributed by atoms with Gasteiger partial charge >= 0.3 is 5.97 Å². The Hall–Kier alpha value is -1.66. The molecule has 1 aliphatic carbocycles. The van der Waals surface area contributed by atoms with E-state index in [2.05, 4.69) is 27.8 Å². The number of nitrogens with zero attached hydrogens (tertiary/aromatic N) is 1. The highest BCUT2D eigenvalue weighted by molar-refractivity contribution is 9.10. The molecule has 0 aliphatic heterocycles. The van der Waals surface area contributed by atoms with Gasteiger partial charge in [-0.1, -0.05) is 22.9 Å². The Morgan fingerprint density at radius 3 is 3.08 bits per heavy atom. The van der Waals surface area contributed by atoms with Crippen LogP contribution in [0.4, 0.5) is 5.00 Å². The third-order valence-corrected chi connectivity index (χ3v) is 5.94. The molecule has 2 aromatic rings. The minimum atomic E-state index is -0.305. The summed E-state index contributed by atoms with van der Waals surface area (Å²) in [6.07, 6.45) is 4.54. The van der Waals surface area contributed by atoms with Gasteiger partial charge in [-0.2, -0.15) is 0 Å². The van der Waals surface area contributed by atoms with Crippen molar-refractivity contribution in [1.29, 1.82) is 0 Å². The average Bonchev–Trinajstić information content (AvgIpc) is 2.93. The zero-order valence-corrected chi connectivity index (χ0v) is 16.6. The van der Waals surface area contributed by atoms with Crippen LogP contribution < -0.4 is 0 Å². The molecule has 0 saturated heterocycles. The Morgan fingerprint density at radius 2 is 2.32 bits per heavy atom. The number of esters is 1. The lowest BCUT2D eigenvalue weighted by molar-refractivity contribution is 0.0526. The van der Waals surface area contributed by atoms with E-state index in [0.717, 1.165) is 29.3 Å². The predicted octanol–water partition coefficient (Wildman–Crippen LogP) is 5.27. The average molecular weight is 422 g/mol. The normalized spacial score (nSPS) is 16.8. The Balaban J connectivity index is 2.01. The van der Waals surface area contributed by atoms with Gasteiger partial charge in [-0.3, -0.25) is 0 Å². The van der Waals surface area contributed by atoms with E-state index >= 15 is 0 Å². The highest BCUT2D eigenvalue weighted by atomic mass is 79.9. The number of halogens is 1. The molecule has 0 spiro atoms. The quantitative estimate of drug-likeness (QED) is 0.540. The van der Waals surface area contributed by atoms with Gasteiger partial charge in [0.2, 0.25) is 0 Å². The Labute approximate surface area is 159 Å². The first-order valence-electron chi connectivity index (χ1n) is 8.33. The van der Waals surface area contributed by atoms with Crippen LogP contribution in [-0.2, 0) is 17.6 Å². The van der Waals surface area contributed by atoms with Crippen LogP contribution in [0.3, 0.4) is 0 Å². The molecule has 3 rings (SSSR count). The van der Waals surface area contributed by atoms with Crippen LogP contribution in [0.5, 0.6) is 5.75 Å². The number of carbonyl (C=O) groups is 1. The van der Waals surface area contributed by atoms with Gasteiger partial charge in [-0.15, -0.1) is 11.3 Å². The van der Waals surface area contributed by atoms with Crippen molar-refractivity contribution in [2.45, 2.75) is 33.1 Å². The zero-order valence-electron chi connectivity index (χ0n) is 14.2. The number of hydrogen-bond acceptors (Lipinski definition) is 5. The fourth-order valence-electron chi connectivity index (χ4n) is 3.00. The van der Waals surface area contributed by atoms with Crippen LogP contribution in [0.1, 0.15) is 46.6 Å². The van der Waals surface area contributed by atoms with Crippen molar-refractivity contribution in [2.75, 3.05) is 6.61 Å². The van der Waals surface area contributed by atoms with Crippen LogP contribution in [0, 0.1) is 5.92 Å². The number of phenolic OH excluding ortho intramolecular Hbond substituents is 1. The predicted molar refractivity (Wildman–Crippen MR) is 105 cm³/mol. The van der Waals surface area contributed by atoms with E-state index in [1.54, 1.807) is 42.7 Å². The number of rotatable bonds is 4. The first kappa shape index (κ1) is 18.1. The largest absolute Gasteiger partial charge is 0.507 e. The first-order valence-corrected chi connectivity index (χ1v) is 9.94. The summed E-state index contributed by atoms with van der Waals surface area (Å²) >= 11 is 4.95. The van der Waals surface area contributed by atoms with Crippen LogP contribution in [0.15, 0.2) is 27.7 Å². The number of thiophene rings is 1. The van der Waals surface area contributed by atoms with Gasteiger partial charge < -0.3 is 9.84 Å². The number of ether oxygens (including phenoxy) is 1. The van der Waals surface area contributed by atoms with Crippen LogP contribution >= 0.6 is 27.3 Å². The summed E-state index contributed by atoms with van der Waals surface area (Å²) in [5.41, 5.74) is 2.29. The lowest BCUT2D eigenvalue weighted by atomic mass is 9.88. The van der Waals surface area contributed by atoms with Crippen LogP contribution in [0.25, 0.3) is 0 Å². The second kappa shape index (κ2) is 7.70. The van der Waals surface area contributed by atoms with E-state index in [-0.39, 0.29) is 11.7 Å². The molecule has 0 saturated carbocycles. The van der Waals surface area contributed by atoms with Gasteiger partial charge in [-0.05, 0) is 55.9 Å². The number of carbonyl (C=O) groups excluding carboxylic acids is 1. The molecule has 1 N–H and O–H groups in total. The molecule has 1 aromatic carbocycles. The van der Waals surface area contributed by atoms with Gasteiger partial charge in [-0.25, -0.2) is 9.79 Å². The SMILES string of the molecule is CCOC(=O)c1c(/N=C/c2cc(Br)ccc2O)sc2c1CC[C@H](C)C2. The van der Waals surface area contributed by atoms with Crippen molar-refractivity contribution in [3.8, 4) is 5.75 Å². The maximum atomic E-state index is 12.5. The van der Waals surface area contributed by atoms with Crippen molar-refractivity contribution in [1.82, 2.24) is 0 Å². The third-order valence-electron chi connectivity index (χ3n) is 4.28. The topological polar surface area (TPSA) is 58.9 Å². The first-order chi connectivity index (χ1) is 12.0. The second-order valence-electron chi connectivity index (χ2n) is 6.21. The molecule has 0 radical (unpaired) electrons. The molecular formula is C19H20BrNO3S. The number of phenols is 1. The summed E-state index contributed by atoms with van der Waals surface area (Å²) in [6.45, 7) is 4.38. The van der Waals surface area contributed by atoms with Crippen molar-refractivity contribution >= 4 is 44.5 Å². The molecule has 1 atom stereocenters. The molecule has 132 valence electrons.